The quantitative estimate of drug-likeness (QED) is 0.925. The van der Waals surface area contributed by atoms with Crippen LogP contribution in [0.4, 0.5) is 5.69 Å². The molecule has 0 bridgehead atoms. The summed E-state index contributed by atoms with van der Waals surface area (Å²) in [6, 6.07) is 9.67. The number of amides is 1. The maximum atomic E-state index is 12.2. The lowest BCUT2D eigenvalue weighted by atomic mass is 10.1. The molecule has 20 heavy (non-hydrogen) atoms. The number of hydrogen-bond acceptors (Lipinski definition) is 3. The molecule has 1 heterocycles. The lowest BCUT2D eigenvalue weighted by Crippen LogP contribution is -2.14. The first kappa shape index (κ1) is 12.8. The summed E-state index contributed by atoms with van der Waals surface area (Å²) in [7, 11) is 0. The highest BCUT2D eigenvalue weighted by molar-refractivity contribution is 6.02. The van der Waals surface area contributed by atoms with Crippen molar-refractivity contribution >= 4 is 11.6 Å². The van der Waals surface area contributed by atoms with Gasteiger partial charge in [-0.1, -0.05) is 19.1 Å². The third kappa shape index (κ3) is 2.85. The third-order valence-corrected chi connectivity index (χ3v) is 3.54. The number of rotatable bonds is 4. The van der Waals surface area contributed by atoms with Crippen molar-refractivity contribution in [1.29, 1.82) is 0 Å². The number of nitrogens with zero attached hydrogens (tertiary/aromatic N) is 2. The van der Waals surface area contributed by atoms with E-state index in [0.717, 1.165) is 30.6 Å². The SMILES string of the molecule is CCc1ccc(NC(=O)c2cc(C3CC3)ncn2)cc1. The van der Waals surface area contributed by atoms with E-state index in [4.69, 9.17) is 0 Å². The standard InChI is InChI=1S/C16H17N3O/c1-2-11-3-7-13(8-4-11)19-16(20)15-9-14(12-5-6-12)17-10-18-15/h3-4,7-10,12H,2,5-6H2,1H3,(H,19,20). The molecular weight excluding hydrogens is 250 g/mol. The Morgan fingerprint density at radius 3 is 2.65 bits per heavy atom. The molecule has 3 rings (SSSR count). The number of carbonyl (C=O) groups excluding carboxylic acids is 1. The molecule has 2 aromatic rings. The van der Waals surface area contributed by atoms with Gasteiger partial charge in [0.2, 0.25) is 0 Å². The third-order valence-electron chi connectivity index (χ3n) is 3.54. The van der Waals surface area contributed by atoms with Crippen LogP contribution in [0.15, 0.2) is 36.7 Å². The average Bonchev–Trinajstić information content (AvgIpc) is 3.33. The van der Waals surface area contributed by atoms with Crippen molar-refractivity contribution in [2.24, 2.45) is 0 Å². The van der Waals surface area contributed by atoms with E-state index >= 15 is 0 Å². The summed E-state index contributed by atoms with van der Waals surface area (Å²) in [5.41, 5.74) is 3.45. The van der Waals surface area contributed by atoms with Crippen LogP contribution in [-0.4, -0.2) is 15.9 Å². The molecule has 0 spiro atoms. The van der Waals surface area contributed by atoms with Crippen LogP contribution in [0.3, 0.4) is 0 Å². The second-order valence-corrected chi connectivity index (χ2v) is 5.11. The highest BCUT2D eigenvalue weighted by Crippen LogP contribution is 2.38. The second kappa shape index (κ2) is 5.41. The topological polar surface area (TPSA) is 54.9 Å². The molecule has 4 nitrogen and oxygen atoms in total. The van der Waals surface area contributed by atoms with Gasteiger partial charge < -0.3 is 5.32 Å². The van der Waals surface area contributed by atoms with E-state index in [1.54, 1.807) is 6.07 Å². The summed E-state index contributed by atoms with van der Waals surface area (Å²) in [5.74, 6) is 0.340. The Labute approximate surface area is 118 Å². The normalized spacial score (nSPS) is 14.1. The Balaban J connectivity index is 1.73. The molecule has 0 saturated heterocycles. The highest BCUT2D eigenvalue weighted by Gasteiger charge is 2.25. The molecule has 0 unspecified atom stereocenters. The number of aryl methyl sites for hydroxylation is 1. The zero-order chi connectivity index (χ0) is 13.9. The van der Waals surface area contributed by atoms with Gasteiger partial charge in [-0.15, -0.1) is 0 Å². The van der Waals surface area contributed by atoms with Crippen molar-refractivity contribution in [3.8, 4) is 0 Å². The van der Waals surface area contributed by atoms with Gasteiger partial charge in [0.15, 0.2) is 0 Å². The molecule has 1 fully saturated rings. The van der Waals surface area contributed by atoms with Crippen molar-refractivity contribution in [2.45, 2.75) is 32.1 Å². The van der Waals surface area contributed by atoms with Crippen LogP contribution < -0.4 is 5.32 Å². The van der Waals surface area contributed by atoms with Crippen molar-refractivity contribution in [3.63, 3.8) is 0 Å². The molecule has 1 aromatic heterocycles. The van der Waals surface area contributed by atoms with Gasteiger partial charge in [0.05, 0.1) is 0 Å². The summed E-state index contributed by atoms with van der Waals surface area (Å²) in [6.45, 7) is 2.11. The predicted octanol–water partition coefficient (Wildman–Crippen LogP) is 3.17. The van der Waals surface area contributed by atoms with E-state index in [9.17, 15) is 4.79 Å². The van der Waals surface area contributed by atoms with Gasteiger partial charge in [-0.3, -0.25) is 4.79 Å². The van der Waals surface area contributed by atoms with Gasteiger partial charge in [0.1, 0.15) is 12.0 Å². The fraction of sp³-hybridized carbons (Fsp3) is 0.312. The molecule has 4 heteroatoms. The lowest BCUT2D eigenvalue weighted by molar-refractivity contribution is 0.102. The van der Waals surface area contributed by atoms with E-state index in [0.29, 0.717) is 11.6 Å². The minimum Gasteiger partial charge on any atom is -0.321 e. The van der Waals surface area contributed by atoms with Crippen LogP contribution >= 0.6 is 0 Å². The van der Waals surface area contributed by atoms with E-state index < -0.39 is 0 Å². The molecule has 1 amide bonds. The Morgan fingerprint density at radius 1 is 1.25 bits per heavy atom. The Kier molecular flexibility index (Phi) is 3.46. The maximum absolute atomic E-state index is 12.2. The van der Waals surface area contributed by atoms with Crippen LogP contribution in [0, 0.1) is 0 Å². The van der Waals surface area contributed by atoms with Gasteiger partial charge in [-0.2, -0.15) is 0 Å². The van der Waals surface area contributed by atoms with Crippen molar-refractivity contribution in [2.75, 3.05) is 5.32 Å². The molecule has 0 aliphatic heterocycles. The van der Waals surface area contributed by atoms with Crippen LogP contribution in [0.25, 0.3) is 0 Å². The van der Waals surface area contributed by atoms with Crippen LogP contribution in [-0.2, 0) is 6.42 Å². The number of nitrogens with one attached hydrogen (secondary N) is 1. The molecule has 1 saturated carbocycles. The van der Waals surface area contributed by atoms with Gasteiger partial charge in [-0.25, -0.2) is 9.97 Å². The molecule has 0 radical (unpaired) electrons. The number of anilines is 1. The second-order valence-electron chi connectivity index (χ2n) is 5.11. The zero-order valence-electron chi connectivity index (χ0n) is 11.5. The molecule has 1 aromatic carbocycles. The maximum Gasteiger partial charge on any atom is 0.274 e. The average molecular weight is 267 g/mol. The molecule has 102 valence electrons. The van der Waals surface area contributed by atoms with E-state index in [2.05, 4.69) is 22.2 Å². The van der Waals surface area contributed by atoms with Gasteiger partial charge in [-0.05, 0) is 43.0 Å². The minimum atomic E-state index is -0.182. The first-order valence-corrected chi connectivity index (χ1v) is 6.98. The largest absolute Gasteiger partial charge is 0.321 e. The smallest absolute Gasteiger partial charge is 0.274 e. The lowest BCUT2D eigenvalue weighted by Gasteiger charge is -2.06. The Morgan fingerprint density at radius 2 is 2.00 bits per heavy atom. The van der Waals surface area contributed by atoms with E-state index in [1.807, 2.05) is 24.3 Å². The summed E-state index contributed by atoms with van der Waals surface area (Å²) in [5, 5.41) is 2.87. The van der Waals surface area contributed by atoms with Gasteiger partial charge in [0.25, 0.3) is 5.91 Å². The van der Waals surface area contributed by atoms with Crippen molar-refractivity contribution in [1.82, 2.24) is 9.97 Å². The Hall–Kier alpha value is -2.23. The fourth-order valence-electron chi connectivity index (χ4n) is 2.12. The monoisotopic (exact) mass is 267 g/mol. The van der Waals surface area contributed by atoms with Crippen molar-refractivity contribution < 1.29 is 4.79 Å². The van der Waals surface area contributed by atoms with E-state index in [1.165, 1.54) is 11.9 Å². The van der Waals surface area contributed by atoms with Gasteiger partial charge in [0, 0.05) is 17.3 Å². The van der Waals surface area contributed by atoms with Crippen LogP contribution in [0.1, 0.15) is 47.4 Å². The number of benzene rings is 1. The number of hydrogen-bond donors (Lipinski definition) is 1. The summed E-state index contributed by atoms with van der Waals surface area (Å²) >= 11 is 0. The summed E-state index contributed by atoms with van der Waals surface area (Å²) < 4.78 is 0. The Bertz CT molecular complexity index is 618. The predicted molar refractivity (Wildman–Crippen MR) is 77.8 cm³/mol. The molecule has 0 atom stereocenters. The first-order valence-electron chi connectivity index (χ1n) is 6.98. The highest BCUT2D eigenvalue weighted by atomic mass is 16.1. The van der Waals surface area contributed by atoms with E-state index in [-0.39, 0.29) is 5.91 Å². The summed E-state index contributed by atoms with van der Waals surface area (Å²) in [4.78, 5) is 20.4. The van der Waals surface area contributed by atoms with Gasteiger partial charge >= 0.3 is 0 Å². The van der Waals surface area contributed by atoms with Crippen LogP contribution in [0.5, 0.6) is 0 Å². The van der Waals surface area contributed by atoms with Crippen molar-refractivity contribution in [3.05, 3.63) is 53.6 Å². The number of aromatic nitrogens is 2. The molecular formula is C16H17N3O. The summed E-state index contributed by atoms with van der Waals surface area (Å²) in [6.07, 6.45) is 4.79. The molecule has 1 aliphatic carbocycles. The zero-order valence-corrected chi connectivity index (χ0v) is 11.5. The fourth-order valence-corrected chi connectivity index (χ4v) is 2.12. The molecule has 1 N–H and O–H groups in total. The number of carbonyl (C=O) groups is 1. The first-order chi connectivity index (χ1) is 9.76. The molecule has 1 aliphatic rings. The minimum absolute atomic E-state index is 0.182. The van der Waals surface area contributed by atoms with Crippen LogP contribution in [0.2, 0.25) is 0 Å².